The van der Waals surface area contributed by atoms with Gasteiger partial charge in [-0.05, 0) is 12.8 Å². The van der Waals surface area contributed by atoms with E-state index in [-0.39, 0.29) is 5.91 Å². The molecule has 0 unspecified atom stereocenters. The maximum Gasteiger partial charge on any atom is 0.223 e. The molecule has 19 heavy (non-hydrogen) atoms. The topological polar surface area (TPSA) is 48.5 Å². The molecular formula is C13H20N4OS. The molecule has 3 rings (SSSR count). The Morgan fingerprint density at radius 2 is 2.16 bits per heavy atom. The molecule has 2 aliphatic rings. The molecule has 0 spiro atoms. The molecule has 0 aromatic carbocycles. The van der Waals surface area contributed by atoms with Crippen molar-refractivity contribution in [3.05, 3.63) is 11.6 Å². The van der Waals surface area contributed by atoms with Crippen molar-refractivity contribution in [3.63, 3.8) is 0 Å². The number of amides is 1. The van der Waals surface area contributed by atoms with Crippen LogP contribution in [0.1, 0.15) is 19.3 Å². The Balaban J connectivity index is 1.40. The van der Waals surface area contributed by atoms with Crippen LogP contribution >= 0.6 is 11.3 Å². The summed E-state index contributed by atoms with van der Waals surface area (Å²) in [6, 6.07) is 0.689. The maximum absolute atomic E-state index is 12.0. The van der Waals surface area contributed by atoms with Crippen LogP contribution in [0.4, 0.5) is 5.13 Å². The first kappa shape index (κ1) is 12.9. The second-order valence-electron chi connectivity index (χ2n) is 5.16. The lowest BCUT2D eigenvalue weighted by atomic mass is 10.3. The Morgan fingerprint density at radius 1 is 1.37 bits per heavy atom. The summed E-state index contributed by atoms with van der Waals surface area (Å²) in [4.78, 5) is 20.6. The predicted molar refractivity (Wildman–Crippen MR) is 76.5 cm³/mol. The van der Waals surface area contributed by atoms with E-state index in [1.165, 1.54) is 12.8 Å². The van der Waals surface area contributed by atoms with Crippen molar-refractivity contribution in [1.82, 2.24) is 15.2 Å². The number of hydrogen-bond acceptors (Lipinski definition) is 5. The fourth-order valence-electron chi connectivity index (χ4n) is 2.35. The zero-order valence-corrected chi connectivity index (χ0v) is 11.9. The molecule has 1 amide bonds. The molecule has 0 radical (unpaired) electrons. The van der Waals surface area contributed by atoms with Crippen molar-refractivity contribution in [2.75, 3.05) is 37.6 Å². The van der Waals surface area contributed by atoms with Crippen LogP contribution < -0.4 is 10.2 Å². The van der Waals surface area contributed by atoms with Gasteiger partial charge in [0, 0.05) is 56.8 Å². The van der Waals surface area contributed by atoms with Crippen molar-refractivity contribution >= 4 is 22.4 Å². The molecule has 2 fully saturated rings. The normalized spacial score (nSPS) is 19.8. The highest BCUT2D eigenvalue weighted by Gasteiger charge is 2.23. The zero-order chi connectivity index (χ0) is 13.1. The van der Waals surface area contributed by atoms with Crippen LogP contribution in [-0.4, -0.2) is 54.6 Å². The highest BCUT2D eigenvalue weighted by atomic mass is 32.1. The molecule has 1 aliphatic heterocycles. The van der Waals surface area contributed by atoms with Crippen LogP contribution in [-0.2, 0) is 4.79 Å². The molecule has 0 bridgehead atoms. The van der Waals surface area contributed by atoms with Gasteiger partial charge < -0.3 is 15.1 Å². The zero-order valence-electron chi connectivity index (χ0n) is 11.0. The molecule has 1 N–H and O–H groups in total. The van der Waals surface area contributed by atoms with Crippen molar-refractivity contribution in [3.8, 4) is 0 Å². The van der Waals surface area contributed by atoms with E-state index in [0.29, 0.717) is 12.5 Å². The van der Waals surface area contributed by atoms with Gasteiger partial charge in [-0.2, -0.15) is 0 Å². The van der Waals surface area contributed by atoms with Crippen LogP contribution in [0.2, 0.25) is 0 Å². The number of nitrogens with one attached hydrogen (secondary N) is 1. The van der Waals surface area contributed by atoms with Gasteiger partial charge in [0.1, 0.15) is 0 Å². The number of hydrogen-bond donors (Lipinski definition) is 1. The summed E-state index contributed by atoms with van der Waals surface area (Å²) in [6.45, 7) is 4.27. The highest BCUT2D eigenvalue weighted by Crippen LogP contribution is 2.20. The van der Waals surface area contributed by atoms with Crippen molar-refractivity contribution in [1.29, 1.82) is 0 Å². The lowest BCUT2D eigenvalue weighted by molar-refractivity contribution is -0.131. The third-order valence-corrected chi connectivity index (χ3v) is 4.50. The minimum absolute atomic E-state index is 0.284. The van der Waals surface area contributed by atoms with Gasteiger partial charge >= 0.3 is 0 Å². The van der Waals surface area contributed by atoms with E-state index in [0.717, 1.165) is 37.9 Å². The number of aromatic nitrogens is 1. The van der Waals surface area contributed by atoms with Crippen LogP contribution in [0.3, 0.4) is 0 Å². The molecule has 0 atom stereocenters. The fraction of sp³-hybridized carbons (Fsp3) is 0.692. The molecule has 5 nitrogen and oxygen atoms in total. The number of piperazine rings is 1. The number of thiazole rings is 1. The summed E-state index contributed by atoms with van der Waals surface area (Å²) in [5.74, 6) is 0.284. The van der Waals surface area contributed by atoms with Gasteiger partial charge in [0.15, 0.2) is 5.13 Å². The summed E-state index contributed by atoms with van der Waals surface area (Å²) in [5, 5.41) is 6.46. The third-order valence-electron chi connectivity index (χ3n) is 3.67. The van der Waals surface area contributed by atoms with E-state index in [4.69, 9.17) is 0 Å². The number of anilines is 1. The Bertz CT molecular complexity index is 410. The second-order valence-corrected chi connectivity index (χ2v) is 6.03. The van der Waals surface area contributed by atoms with Crippen LogP contribution in [0.5, 0.6) is 0 Å². The monoisotopic (exact) mass is 280 g/mol. The maximum atomic E-state index is 12.0. The first-order valence-corrected chi connectivity index (χ1v) is 7.86. The van der Waals surface area contributed by atoms with Gasteiger partial charge in [0.25, 0.3) is 0 Å². The minimum Gasteiger partial charge on any atom is -0.345 e. The van der Waals surface area contributed by atoms with Gasteiger partial charge in [0.05, 0.1) is 0 Å². The van der Waals surface area contributed by atoms with Gasteiger partial charge in [-0.25, -0.2) is 4.98 Å². The molecule has 1 aromatic heterocycles. The van der Waals surface area contributed by atoms with Crippen LogP contribution in [0, 0.1) is 0 Å². The van der Waals surface area contributed by atoms with Crippen molar-refractivity contribution < 1.29 is 4.79 Å². The summed E-state index contributed by atoms with van der Waals surface area (Å²) in [5.41, 5.74) is 0. The second kappa shape index (κ2) is 5.88. The van der Waals surface area contributed by atoms with E-state index in [1.54, 1.807) is 11.3 Å². The Kier molecular flexibility index (Phi) is 3.98. The molecule has 1 aromatic rings. The van der Waals surface area contributed by atoms with Crippen molar-refractivity contribution in [2.45, 2.75) is 25.3 Å². The Morgan fingerprint density at radius 3 is 2.79 bits per heavy atom. The van der Waals surface area contributed by atoms with Crippen LogP contribution in [0.25, 0.3) is 0 Å². The first-order chi connectivity index (χ1) is 9.33. The van der Waals surface area contributed by atoms with Gasteiger partial charge in [0.2, 0.25) is 5.91 Å². The largest absolute Gasteiger partial charge is 0.345 e. The van der Waals surface area contributed by atoms with Gasteiger partial charge in [-0.3, -0.25) is 4.79 Å². The number of carbonyl (C=O) groups is 1. The van der Waals surface area contributed by atoms with E-state index in [2.05, 4.69) is 15.2 Å². The van der Waals surface area contributed by atoms with E-state index < -0.39 is 0 Å². The lowest BCUT2D eigenvalue weighted by Gasteiger charge is -2.34. The number of rotatable bonds is 5. The fourth-order valence-corrected chi connectivity index (χ4v) is 3.04. The van der Waals surface area contributed by atoms with Crippen molar-refractivity contribution in [2.24, 2.45) is 0 Å². The Hall–Kier alpha value is -1.14. The SMILES string of the molecule is O=C(CCNC1CC1)N1CCN(c2nccs2)CC1. The predicted octanol–water partition coefficient (Wildman–Crippen LogP) is 0.934. The first-order valence-electron chi connectivity index (χ1n) is 6.98. The third kappa shape index (κ3) is 3.45. The molecule has 6 heteroatoms. The summed E-state index contributed by atoms with van der Waals surface area (Å²) in [7, 11) is 0. The van der Waals surface area contributed by atoms with E-state index >= 15 is 0 Å². The Labute approximate surface area is 117 Å². The van der Waals surface area contributed by atoms with E-state index in [1.807, 2.05) is 16.5 Å². The number of nitrogens with zero attached hydrogens (tertiary/aromatic N) is 3. The molecule has 1 aliphatic carbocycles. The molecule has 1 saturated carbocycles. The lowest BCUT2D eigenvalue weighted by Crippen LogP contribution is -2.49. The molecular weight excluding hydrogens is 260 g/mol. The van der Waals surface area contributed by atoms with Crippen LogP contribution in [0.15, 0.2) is 11.6 Å². The molecule has 104 valence electrons. The number of carbonyl (C=O) groups excluding carboxylic acids is 1. The average Bonchev–Trinajstić information content (AvgIpc) is 3.10. The molecule has 1 saturated heterocycles. The van der Waals surface area contributed by atoms with Gasteiger partial charge in [-0.15, -0.1) is 11.3 Å². The molecule has 2 heterocycles. The van der Waals surface area contributed by atoms with Gasteiger partial charge in [-0.1, -0.05) is 0 Å². The minimum atomic E-state index is 0.284. The quantitative estimate of drug-likeness (QED) is 0.872. The highest BCUT2D eigenvalue weighted by molar-refractivity contribution is 7.13. The summed E-state index contributed by atoms with van der Waals surface area (Å²) < 4.78 is 0. The van der Waals surface area contributed by atoms with E-state index in [9.17, 15) is 4.79 Å². The summed E-state index contributed by atoms with van der Waals surface area (Å²) in [6.07, 6.45) is 5.02. The standard InChI is InChI=1S/C13H20N4OS/c18-12(3-4-14-11-1-2-11)16-6-8-17(9-7-16)13-15-5-10-19-13/h5,10-11,14H,1-4,6-9H2. The smallest absolute Gasteiger partial charge is 0.223 e. The average molecular weight is 280 g/mol. The summed E-state index contributed by atoms with van der Waals surface area (Å²) >= 11 is 1.66.